The Morgan fingerprint density at radius 3 is 2.54 bits per heavy atom. The summed E-state index contributed by atoms with van der Waals surface area (Å²) in [6.45, 7) is 6.03. The lowest BCUT2D eigenvalue weighted by molar-refractivity contribution is -0.118. The van der Waals surface area contributed by atoms with E-state index in [0.29, 0.717) is 16.0 Å². The Morgan fingerprint density at radius 1 is 1.31 bits per heavy atom. The number of halogens is 1. The second kappa shape index (κ2) is 6.99. The van der Waals surface area contributed by atoms with Crippen LogP contribution < -0.4 is 11.3 Å². The summed E-state index contributed by atoms with van der Waals surface area (Å²) in [4.78, 5) is 30.7. The Balaban J connectivity index is 2.30. The number of carbonyl (C=O) groups is 1. The van der Waals surface area contributed by atoms with Crippen LogP contribution in [-0.4, -0.2) is 15.5 Å². The van der Waals surface area contributed by atoms with Gasteiger partial charge in [-0.15, -0.1) is 11.3 Å². The summed E-state index contributed by atoms with van der Waals surface area (Å²) >= 11 is 1.45. The molecule has 7 heteroatoms. The summed E-state index contributed by atoms with van der Waals surface area (Å²) in [7, 11) is 0. The minimum absolute atomic E-state index is 0.0247. The van der Waals surface area contributed by atoms with Crippen molar-refractivity contribution in [1.29, 1.82) is 0 Å². The first kappa shape index (κ1) is 18.3. The maximum absolute atomic E-state index is 13.3. The third-order valence-electron chi connectivity index (χ3n) is 4.25. The molecule has 0 aliphatic heterocycles. The van der Waals surface area contributed by atoms with Gasteiger partial charge < -0.3 is 5.73 Å². The molecule has 2 aromatic heterocycles. The SMILES string of the molecule is Cc1sc2nc(C(C)C)n(CCC(N)=O)c(=O)c2c1-c1ccc(F)cc1. The van der Waals surface area contributed by atoms with Gasteiger partial charge in [-0.3, -0.25) is 14.2 Å². The molecule has 136 valence electrons. The minimum atomic E-state index is -0.466. The maximum Gasteiger partial charge on any atom is 0.262 e. The molecule has 26 heavy (non-hydrogen) atoms. The molecule has 0 aliphatic carbocycles. The van der Waals surface area contributed by atoms with Gasteiger partial charge in [-0.25, -0.2) is 9.37 Å². The largest absolute Gasteiger partial charge is 0.370 e. The van der Waals surface area contributed by atoms with E-state index in [1.54, 1.807) is 12.1 Å². The molecular formula is C19H20FN3O2S. The molecule has 0 unspecified atom stereocenters. The van der Waals surface area contributed by atoms with Gasteiger partial charge in [0, 0.05) is 29.3 Å². The molecule has 0 radical (unpaired) electrons. The van der Waals surface area contributed by atoms with Crippen molar-refractivity contribution in [3.8, 4) is 11.1 Å². The fraction of sp³-hybridized carbons (Fsp3) is 0.316. The second-order valence-corrected chi connectivity index (χ2v) is 7.72. The lowest BCUT2D eigenvalue weighted by Crippen LogP contribution is -2.28. The third-order valence-corrected chi connectivity index (χ3v) is 5.25. The van der Waals surface area contributed by atoms with Crippen molar-refractivity contribution in [2.75, 3.05) is 0 Å². The quantitative estimate of drug-likeness (QED) is 0.743. The lowest BCUT2D eigenvalue weighted by Gasteiger charge is -2.14. The molecule has 0 fully saturated rings. The zero-order valence-electron chi connectivity index (χ0n) is 14.9. The summed E-state index contributed by atoms with van der Waals surface area (Å²) < 4.78 is 14.8. The van der Waals surface area contributed by atoms with Crippen molar-refractivity contribution < 1.29 is 9.18 Å². The monoisotopic (exact) mass is 373 g/mol. The normalized spacial score (nSPS) is 11.4. The number of benzene rings is 1. The molecule has 5 nitrogen and oxygen atoms in total. The maximum atomic E-state index is 13.3. The number of nitrogens with two attached hydrogens (primary N) is 1. The van der Waals surface area contributed by atoms with Crippen molar-refractivity contribution >= 4 is 27.5 Å². The lowest BCUT2D eigenvalue weighted by atomic mass is 10.0. The first-order valence-corrected chi connectivity index (χ1v) is 9.19. The number of amides is 1. The molecular weight excluding hydrogens is 353 g/mol. The second-order valence-electron chi connectivity index (χ2n) is 6.52. The predicted molar refractivity (Wildman–Crippen MR) is 102 cm³/mol. The van der Waals surface area contributed by atoms with Crippen LogP contribution in [0.5, 0.6) is 0 Å². The van der Waals surface area contributed by atoms with E-state index < -0.39 is 5.91 Å². The highest BCUT2D eigenvalue weighted by Crippen LogP contribution is 2.36. The number of thiophene rings is 1. The molecule has 3 aromatic rings. The number of aromatic nitrogens is 2. The highest BCUT2D eigenvalue weighted by atomic mass is 32.1. The average molecular weight is 373 g/mol. The van der Waals surface area contributed by atoms with E-state index in [1.165, 1.54) is 28.0 Å². The Kier molecular flexibility index (Phi) is 4.91. The van der Waals surface area contributed by atoms with Crippen LogP contribution in [0.4, 0.5) is 4.39 Å². The van der Waals surface area contributed by atoms with Crippen molar-refractivity contribution in [2.45, 2.75) is 39.7 Å². The fourth-order valence-electron chi connectivity index (χ4n) is 3.05. The molecule has 0 saturated heterocycles. The van der Waals surface area contributed by atoms with Gasteiger partial charge in [0.05, 0.1) is 5.39 Å². The number of primary amides is 1. The van der Waals surface area contributed by atoms with Gasteiger partial charge in [0.15, 0.2) is 0 Å². The smallest absolute Gasteiger partial charge is 0.262 e. The number of hydrogen-bond donors (Lipinski definition) is 1. The summed E-state index contributed by atoms with van der Waals surface area (Å²) in [6.07, 6.45) is 0.0712. The Hall–Kier alpha value is -2.54. The number of rotatable bonds is 5. The summed E-state index contributed by atoms with van der Waals surface area (Å²) in [5.74, 6) is -0.135. The molecule has 0 saturated carbocycles. The van der Waals surface area contributed by atoms with Crippen LogP contribution in [-0.2, 0) is 11.3 Å². The molecule has 0 spiro atoms. The number of nitrogens with zero attached hydrogens (tertiary/aromatic N) is 2. The average Bonchev–Trinajstić information content (AvgIpc) is 2.90. The molecule has 0 bridgehead atoms. The van der Waals surface area contributed by atoms with Crippen LogP contribution in [0, 0.1) is 12.7 Å². The molecule has 3 rings (SSSR count). The summed E-state index contributed by atoms with van der Waals surface area (Å²) in [6, 6.07) is 6.07. The van der Waals surface area contributed by atoms with Crippen LogP contribution in [0.15, 0.2) is 29.1 Å². The van der Waals surface area contributed by atoms with Crippen molar-refractivity contribution in [3.05, 3.63) is 51.1 Å². The van der Waals surface area contributed by atoms with Crippen LogP contribution in [0.1, 0.15) is 36.9 Å². The first-order valence-electron chi connectivity index (χ1n) is 8.37. The summed E-state index contributed by atoms with van der Waals surface area (Å²) in [5.41, 5.74) is 6.61. The van der Waals surface area contributed by atoms with Crippen LogP contribution >= 0.6 is 11.3 Å². The number of carbonyl (C=O) groups excluding carboxylic acids is 1. The van der Waals surface area contributed by atoms with Crippen LogP contribution in [0.25, 0.3) is 21.3 Å². The number of hydrogen-bond acceptors (Lipinski definition) is 4. The highest BCUT2D eigenvalue weighted by molar-refractivity contribution is 7.19. The highest BCUT2D eigenvalue weighted by Gasteiger charge is 2.21. The Labute approximate surface area is 154 Å². The Morgan fingerprint density at radius 2 is 1.96 bits per heavy atom. The van der Waals surface area contributed by atoms with Gasteiger partial charge >= 0.3 is 0 Å². The van der Waals surface area contributed by atoms with Crippen LogP contribution in [0.3, 0.4) is 0 Å². The molecule has 0 atom stereocenters. The zero-order valence-corrected chi connectivity index (χ0v) is 15.7. The van der Waals surface area contributed by atoms with E-state index in [4.69, 9.17) is 10.7 Å². The topological polar surface area (TPSA) is 78.0 Å². The zero-order chi connectivity index (χ0) is 19.0. The van der Waals surface area contributed by atoms with Crippen molar-refractivity contribution in [2.24, 2.45) is 5.73 Å². The van der Waals surface area contributed by atoms with Crippen LogP contribution in [0.2, 0.25) is 0 Å². The van der Waals surface area contributed by atoms with Crippen molar-refractivity contribution in [3.63, 3.8) is 0 Å². The number of aryl methyl sites for hydroxylation is 1. The molecule has 2 N–H and O–H groups in total. The number of fused-ring (bicyclic) bond motifs is 1. The van der Waals surface area contributed by atoms with Gasteiger partial charge in [-0.05, 0) is 24.6 Å². The van der Waals surface area contributed by atoms with Gasteiger partial charge in [0.25, 0.3) is 5.56 Å². The standard InChI is InChI=1S/C19H20FN3O2S/c1-10(2)17-22-18-16(19(25)23(17)9-8-14(21)24)15(11(3)26-18)12-4-6-13(20)7-5-12/h4-7,10H,8-9H2,1-3H3,(H2,21,24). The third kappa shape index (κ3) is 3.26. The molecule has 1 aromatic carbocycles. The minimum Gasteiger partial charge on any atom is -0.370 e. The van der Waals surface area contributed by atoms with E-state index in [1.807, 2.05) is 20.8 Å². The summed E-state index contributed by atoms with van der Waals surface area (Å²) in [5, 5.41) is 0.507. The van der Waals surface area contributed by atoms with Crippen molar-refractivity contribution in [1.82, 2.24) is 9.55 Å². The van der Waals surface area contributed by atoms with E-state index >= 15 is 0 Å². The van der Waals surface area contributed by atoms with E-state index in [0.717, 1.165) is 16.0 Å². The molecule has 2 heterocycles. The fourth-order valence-corrected chi connectivity index (χ4v) is 4.10. The van der Waals surface area contributed by atoms with Gasteiger partial charge in [0.2, 0.25) is 5.91 Å². The first-order chi connectivity index (χ1) is 12.3. The molecule has 1 amide bonds. The Bertz CT molecular complexity index is 1040. The van der Waals surface area contributed by atoms with Gasteiger partial charge in [-0.2, -0.15) is 0 Å². The molecule has 0 aliphatic rings. The van der Waals surface area contributed by atoms with Gasteiger partial charge in [-0.1, -0.05) is 26.0 Å². The van der Waals surface area contributed by atoms with E-state index in [2.05, 4.69) is 0 Å². The van der Waals surface area contributed by atoms with E-state index in [9.17, 15) is 14.0 Å². The van der Waals surface area contributed by atoms with Gasteiger partial charge in [0.1, 0.15) is 16.5 Å². The van der Waals surface area contributed by atoms with E-state index in [-0.39, 0.29) is 30.3 Å². The predicted octanol–water partition coefficient (Wildman–Crippen LogP) is 3.57.